The highest BCUT2D eigenvalue weighted by Gasteiger charge is 2.10. The quantitative estimate of drug-likeness (QED) is 0.729. The summed E-state index contributed by atoms with van der Waals surface area (Å²) in [5, 5.41) is 0. The third kappa shape index (κ3) is 1.97. The van der Waals surface area contributed by atoms with Crippen molar-refractivity contribution in [2.75, 3.05) is 7.11 Å². The molecule has 1 aromatic heterocycles. The van der Waals surface area contributed by atoms with Crippen LogP contribution in [0.4, 0.5) is 0 Å². The number of methoxy groups -OCH3 is 1. The largest absolute Gasteiger partial charge is 0.496 e. The Bertz CT molecular complexity index is 747. The number of ether oxygens (including phenoxy) is 1. The molecule has 0 bridgehead atoms. The van der Waals surface area contributed by atoms with Crippen LogP contribution in [0.25, 0.3) is 22.4 Å². The fourth-order valence-electron chi connectivity index (χ4n) is 2.07. The van der Waals surface area contributed by atoms with Gasteiger partial charge < -0.3 is 9.72 Å². The van der Waals surface area contributed by atoms with Gasteiger partial charge in [0.2, 0.25) is 0 Å². The lowest BCUT2D eigenvalue weighted by Crippen LogP contribution is -1.88. The molecular formula is C15H12N2O2. The van der Waals surface area contributed by atoms with Crippen LogP contribution in [-0.2, 0) is 0 Å². The van der Waals surface area contributed by atoms with Crippen LogP contribution >= 0.6 is 0 Å². The maximum Gasteiger partial charge on any atom is 0.150 e. The van der Waals surface area contributed by atoms with Crippen LogP contribution in [0.5, 0.6) is 5.75 Å². The zero-order chi connectivity index (χ0) is 13.2. The third-order valence-electron chi connectivity index (χ3n) is 3.00. The summed E-state index contributed by atoms with van der Waals surface area (Å²) in [6.45, 7) is 0. The Labute approximate surface area is 110 Å². The van der Waals surface area contributed by atoms with Crippen molar-refractivity contribution in [1.29, 1.82) is 0 Å². The fraction of sp³-hybridized carbons (Fsp3) is 0.0667. The Kier molecular flexibility index (Phi) is 2.76. The SMILES string of the molecule is COc1ccccc1-c1nc2ccc(C=O)cc2[nH]1. The van der Waals surface area contributed by atoms with Gasteiger partial charge in [0.15, 0.2) is 0 Å². The standard InChI is InChI=1S/C15H12N2O2/c1-19-14-5-3-2-4-11(14)15-16-12-7-6-10(9-18)8-13(12)17-15/h2-9H,1H3,(H,16,17). The second kappa shape index (κ2) is 4.57. The van der Waals surface area contributed by atoms with Gasteiger partial charge in [-0.3, -0.25) is 4.79 Å². The number of benzene rings is 2. The highest BCUT2D eigenvalue weighted by atomic mass is 16.5. The molecule has 1 heterocycles. The molecule has 2 aromatic carbocycles. The van der Waals surface area contributed by atoms with Gasteiger partial charge in [0.05, 0.1) is 23.7 Å². The lowest BCUT2D eigenvalue weighted by atomic mass is 10.2. The first-order chi connectivity index (χ1) is 9.31. The Balaban J connectivity index is 2.17. The predicted molar refractivity (Wildman–Crippen MR) is 73.5 cm³/mol. The minimum atomic E-state index is 0.628. The summed E-state index contributed by atoms with van der Waals surface area (Å²) in [7, 11) is 1.63. The fourth-order valence-corrected chi connectivity index (χ4v) is 2.07. The Morgan fingerprint density at radius 2 is 2.05 bits per heavy atom. The van der Waals surface area contributed by atoms with E-state index in [9.17, 15) is 4.79 Å². The first-order valence-corrected chi connectivity index (χ1v) is 5.90. The van der Waals surface area contributed by atoms with Crippen LogP contribution in [0, 0.1) is 0 Å². The van der Waals surface area contributed by atoms with Gasteiger partial charge in [-0.25, -0.2) is 4.98 Å². The topological polar surface area (TPSA) is 55.0 Å². The summed E-state index contributed by atoms with van der Waals surface area (Å²) in [5.74, 6) is 1.49. The maximum atomic E-state index is 10.8. The molecule has 0 unspecified atom stereocenters. The highest BCUT2D eigenvalue weighted by molar-refractivity contribution is 5.87. The number of aromatic amines is 1. The average Bonchev–Trinajstić information content (AvgIpc) is 2.89. The molecule has 0 saturated heterocycles. The number of aldehydes is 1. The number of imidazole rings is 1. The van der Waals surface area contributed by atoms with E-state index in [1.54, 1.807) is 19.2 Å². The lowest BCUT2D eigenvalue weighted by molar-refractivity contribution is 0.112. The molecule has 0 amide bonds. The summed E-state index contributed by atoms with van der Waals surface area (Å²) in [6, 6.07) is 13.0. The number of fused-ring (bicyclic) bond motifs is 1. The molecule has 19 heavy (non-hydrogen) atoms. The second-order valence-electron chi connectivity index (χ2n) is 4.18. The van der Waals surface area contributed by atoms with Gasteiger partial charge in [0, 0.05) is 5.56 Å². The van der Waals surface area contributed by atoms with E-state index in [-0.39, 0.29) is 0 Å². The zero-order valence-electron chi connectivity index (χ0n) is 10.4. The molecule has 0 aliphatic rings. The molecule has 4 nitrogen and oxygen atoms in total. The van der Waals surface area contributed by atoms with Gasteiger partial charge in [0.1, 0.15) is 17.9 Å². The number of para-hydroxylation sites is 1. The van der Waals surface area contributed by atoms with Crippen molar-refractivity contribution in [1.82, 2.24) is 9.97 Å². The van der Waals surface area contributed by atoms with Crippen LogP contribution in [0.2, 0.25) is 0 Å². The number of hydrogen-bond acceptors (Lipinski definition) is 3. The molecule has 94 valence electrons. The van der Waals surface area contributed by atoms with E-state index in [0.717, 1.165) is 34.5 Å². The first-order valence-electron chi connectivity index (χ1n) is 5.90. The van der Waals surface area contributed by atoms with Crippen LogP contribution in [0.15, 0.2) is 42.5 Å². The molecule has 0 radical (unpaired) electrons. The van der Waals surface area contributed by atoms with E-state index in [0.29, 0.717) is 5.56 Å². The van der Waals surface area contributed by atoms with E-state index in [1.807, 2.05) is 30.3 Å². The number of hydrogen-bond donors (Lipinski definition) is 1. The smallest absolute Gasteiger partial charge is 0.150 e. The van der Waals surface area contributed by atoms with E-state index >= 15 is 0 Å². The normalized spacial score (nSPS) is 10.6. The van der Waals surface area contributed by atoms with Crippen molar-refractivity contribution in [2.45, 2.75) is 0 Å². The van der Waals surface area contributed by atoms with Gasteiger partial charge in [-0.1, -0.05) is 12.1 Å². The first kappa shape index (κ1) is 11.5. The van der Waals surface area contributed by atoms with E-state index in [4.69, 9.17) is 4.74 Å². The number of nitrogens with zero attached hydrogens (tertiary/aromatic N) is 1. The summed E-state index contributed by atoms with van der Waals surface area (Å²) in [6.07, 6.45) is 0.822. The molecule has 3 aromatic rings. The summed E-state index contributed by atoms with van der Waals surface area (Å²) in [5.41, 5.74) is 3.19. The molecule has 0 spiro atoms. The van der Waals surface area contributed by atoms with E-state index in [2.05, 4.69) is 9.97 Å². The van der Waals surface area contributed by atoms with Gasteiger partial charge in [-0.2, -0.15) is 0 Å². The van der Waals surface area contributed by atoms with Crippen molar-refractivity contribution in [2.24, 2.45) is 0 Å². The molecule has 3 rings (SSSR count). The minimum absolute atomic E-state index is 0.628. The highest BCUT2D eigenvalue weighted by Crippen LogP contribution is 2.29. The molecule has 4 heteroatoms. The molecule has 1 N–H and O–H groups in total. The number of rotatable bonds is 3. The zero-order valence-corrected chi connectivity index (χ0v) is 10.4. The van der Waals surface area contributed by atoms with Crippen LogP contribution in [0.3, 0.4) is 0 Å². The second-order valence-corrected chi connectivity index (χ2v) is 4.18. The van der Waals surface area contributed by atoms with Crippen molar-refractivity contribution >= 4 is 17.3 Å². The Morgan fingerprint density at radius 1 is 1.21 bits per heavy atom. The molecular weight excluding hydrogens is 240 g/mol. The molecule has 0 aliphatic carbocycles. The number of nitrogens with one attached hydrogen (secondary N) is 1. The van der Waals surface area contributed by atoms with Crippen molar-refractivity contribution < 1.29 is 9.53 Å². The van der Waals surface area contributed by atoms with Crippen LogP contribution < -0.4 is 4.74 Å². The average molecular weight is 252 g/mol. The lowest BCUT2D eigenvalue weighted by Gasteiger charge is -2.04. The number of carbonyl (C=O) groups is 1. The summed E-state index contributed by atoms with van der Waals surface area (Å²) in [4.78, 5) is 18.5. The Hall–Kier alpha value is -2.62. The van der Waals surface area contributed by atoms with E-state index in [1.165, 1.54) is 0 Å². The van der Waals surface area contributed by atoms with Crippen molar-refractivity contribution in [3.63, 3.8) is 0 Å². The molecule has 0 fully saturated rings. The molecule has 0 atom stereocenters. The molecule has 0 saturated carbocycles. The monoisotopic (exact) mass is 252 g/mol. The van der Waals surface area contributed by atoms with Crippen molar-refractivity contribution in [3.05, 3.63) is 48.0 Å². The Morgan fingerprint density at radius 3 is 2.84 bits per heavy atom. The van der Waals surface area contributed by atoms with Gasteiger partial charge in [-0.15, -0.1) is 0 Å². The summed E-state index contributed by atoms with van der Waals surface area (Å²) < 4.78 is 5.32. The number of carbonyl (C=O) groups excluding carboxylic acids is 1. The van der Waals surface area contributed by atoms with Crippen molar-refractivity contribution in [3.8, 4) is 17.1 Å². The van der Waals surface area contributed by atoms with Gasteiger partial charge in [-0.05, 0) is 30.3 Å². The minimum Gasteiger partial charge on any atom is -0.496 e. The maximum absolute atomic E-state index is 10.8. The van der Waals surface area contributed by atoms with Gasteiger partial charge >= 0.3 is 0 Å². The number of aromatic nitrogens is 2. The van der Waals surface area contributed by atoms with E-state index < -0.39 is 0 Å². The summed E-state index contributed by atoms with van der Waals surface area (Å²) >= 11 is 0. The third-order valence-corrected chi connectivity index (χ3v) is 3.00. The van der Waals surface area contributed by atoms with Gasteiger partial charge in [0.25, 0.3) is 0 Å². The predicted octanol–water partition coefficient (Wildman–Crippen LogP) is 3.05. The number of H-pyrrole nitrogens is 1. The van der Waals surface area contributed by atoms with Crippen LogP contribution in [0.1, 0.15) is 10.4 Å². The van der Waals surface area contributed by atoms with Crippen LogP contribution in [-0.4, -0.2) is 23.4 Å². The molecule has 0 aliphatic heterocycles.